The van der Waals surface area contributed by atoms with Gasteiger partial charge in [0.25, 0.3) is 11.8 Å². The molecule has 0 aliphatic carbocycles. The Morgan fingerprint density at radius 2 is 1.59 bits per heavy atom. The molecule has 148 valence electrons. The first-order valence-electron chi connectivity index (χ1n) is 9.82. The van der Waals surface area contributed by atoms with Crippen molar-refractivity contribution in [3.63, 3.8) is 0 Å². The van der Waals surface area contributed by atoms with E-state index < -0.39 is 0 Å². The molecule has 2 heterocycles. The maximum Gasteiger partial charge on any atom is 0.278 e. The topological polar surface area (TPSA) is 69.7 Å². The molecule has 2 aromatic carbocycles. The Hall–Kier alpha value is -3.41. The lowest BCUT2D eigenvalue weighted by atomic mass is 10.0. The summed E-state index contributed by atoms with van der Waals surface area (Å²) in [5.41, 5.74) is 3.20. The molecule has 3 amide bonds. The Morgan fingerprint density at radius 3 is 2.21 bits per heavy atom. The van der Waals surface area contributed by atoms with Crippen LogP contribution in [0.25, 0.3) is 5.57 Å². The van der Waals surface area contributed by atoms with Gasteiger partial charge in [0.2, 0.25) is 5.91 Å². The van der Waals surface area contributed by atoms with E-state index in [4.69, 9.17) is 0 Å². The lowest BCUT2D eigenvalue weighted by Crippen LogP contribution is -2.34. The number of hydrogen-bond donors (Lipinski definition) is 1. The van der Waals surface area contributed by atoms with Crippen molar-refractivity contribution >= 4 is 29.0 Å². The van der Waals surface area contributed by atoms with Crippen molar-refractivity contribution in [2.24, 2.45) is 0 Å². The van der Waals surface area contributed by atoms with Crippen molar-refractivity contribution in [3.8, 4) is 0 Å². The minimum Gasteiger partial charge on any atom is -0.366 e. The Morgan fingerprint density at radius 1 is 0.931 bits per heavy atom. The second-order valence-electron chi connectivity index (χ2n) is 7.36. The fourth-order valence-corrected chi connectivity index (χ4v) is 3.89. The van der Waals surface area contributed by atoms with Gasteiger partial charge in [-0.1, -0.05) is 42.5 Å². The highest BCUT2D eigenvalue weighted by Crippen LogP contribution is 2.34. The molecule has 0 atom stereocenters. The van der Waals surface area contributed by atoms with Crippen LogP contribution >= 0.6 is 0 Å². The molecule has 29 heavy (non-hydrogen) atoms. The van der Waals surface area contributed by atoms with Crippen molar-refractivity contribution in [3.05, 3.63) is 71.4 Å². The summed E-state index contributed by atoms with van der Waals surface area (Å²) in [5, 5.41) is 2.72. The van der Waals surface area contributed by atoms with E-state index in [0.717, 1.165) is 31.5 Å². The third-order valence-corrected chi connectivity index (χ3v) is 5.24. The molecule has 0 aromatic heterocycles. The van der Waals surface area contributed by atoms with E-state index in [9.17, 15) is 14.4 Å². The first-order chi connectivity index (χ1) is 14.0. The fourth-order valence-electron chi connectivity index (χ4n) is 3.89. The van der Waals surface area contributed by atoms with Crippen LogP contribution in [0.15, 0.2) is 60.3 Å². The number of hydrogen-bond acceptors (Lipinski definition) is 4. The van der Waals surface area contributed by atoms with E-state index in [0.29, 0.717) is 22.5 Å². The zero-order valence-electron chi connectivity index (χ0n) is 16.4. The first-order valence-corrected chi connectivity index (χ1v) is 9.82. The molecule has 4 rings (SSSR count). The number of nitrogens with zero attached hydrogens (tertiary/aromatic N) is 2. The maximum absolute atomic E-state index is 13.3. The zero-order chi connectivity index (χ0) is 20.4. The van der Waals surface area contributed by atoms with Gasteiger partial charge in [-0.3, -0.25) is 19.3 Å². The van der Waals surface area contributed by atoms with Crippen LogP contribution in [0.3, 0.4) is 0 Å². The van der Waals surface area contributed by atoms with Gasteiger partial charge in [0, 0.05) is 25.7 Å². The lowest BCUT2D eigenvalue weighted by Gasteiger charge is -2.20. The maximum atomic E-state index is 13.3. The highest BCUT2D eigenvalue weighted by molar-refractivity contribution is 6.35. The summed E-state index contributed by atoms with van der Waals surface area (Å²) in [6.07, 6.45) is 2.02. The van der Waals surface area contributed by atoms with E-state index in [2.05, 4.69) is 5.32 Å². The Kier molecular flexibility index (Phi) is 5.16. The van der Waals surface area contributed by atoms with Gasteiger partial charge < -0.3 is 10.2 Å². The summed E-state index contributed by atoms with van der Waals surface area (Å²) in [6.45, 7) is 3.26. The Labute approximate surface area is 169 Å². The van der Waals surface area contributed by atoms with Crippen LogP contribution in [0.2, 0.25) is 0 Å². The summed E-state index contributed by atoms with van der Waals surface area (Å²) in [5.74, 6) is -0.661. The first kappa shape index (κ1) is 18.9. The van der Waals surface area contributed by atoms with Gasteiger partial charge in [-0.2, -0.15) is 0 Å². The predicted octanol–water partition coefficient (Wildman–Crippen LogP) is 3.02. The van der Waals surface area contributed by atoms with Crippen molar-refractivity contribution in [1.29, 1.82) is 0 Å². The van der Waals surface area contributed by atoms with E-state index in [-0.39, 0.29) is 24.3 Å². The number of carbonyl (C=O) groups excluding carboxylic acids is 3. The molecule has 0 spiro atoms. The number of amides is 3. The van der Waals surface area contributed by atoms with E-state index >= 15 is 0 Å². The van der Waals surface area contributed by atoms with Crippen molar-refractivity contribution in [2.75, 3.05) is 18.4 Å². The van der Waals surface area contributed by atoms with Gasteiger partial charge in [-0.25, -0.2) is 0 Å². The molecular formula is C23H23N3O3. The summed E-state index contributed by atoms with van der Waals surface area (Å²) in [7, 11) is 0. The molecule has 1 fully saturated rings. The number of anilines is 1. The Balaban J connectivity index is 1.70. The van der Waals surface area contributed by atoms with E-state index in [1.54, 1.807) is 24.3 Å². The molecule has 2 aromatic rings. The number of likely N-dealkylation sites (tertiary alicyclic amines) is 1. The zero-order valence-corrected chi connectivity index (χ0v) is 16.4. The molecule has 1 saturated heterocycles. The average Bonchev–Trinajstić information content (AvgIpc) is 3.32. The second kappa shape index (κ2) is 7.91. The van der Waals surface area contributed by atoms with Gasteiger partial charge in [-0.15, -0.1) is 0 Å². The molecule has 2 aliphatic heterocycles. The minimum absolute atomic E-state index is 0.157. The molecule has 0 radical (unpaired) electrons. The van der Waals surface area contributed by atoms with Crippen molar-refractivity contribution in [2.45, 2.75) is 26.3 Å². The van der Waals surface area contributed by atoms with E-state index in [1.807, 2.05) is 35.2 Å². The lowest BCUT2D eigenvalue weighted by molar-refractivity contribution is -0.138. The van der Waals surface area contributed by atoms with Crippen LogP contribution in [0.1, 0.15) is 30.9 Å². The van der Waals surface area contributed by atoms with Gasteiger partial charge in [0.05, 0.1) is 12.1 Å². The summed E-state index contributed by atoms with van der Waals surface area (Å²) in [6, 6.07) is 16.6. The SMILES string of the molecule is CC(=O)Nc1ccc(C2=C(N3CCCC3)C(=O)N(Cc3ccccc3)C2=O)cc1. The quantitative estimate of drug-likeness (QED) is 0.798. The number of nitrogens with one attached hydrogen (secondary N) is 1. The molecule has 2 aliphatic rings. The molecular weight excluding hydrogens is 366 g/mol. The van der Waals surface area contributed by atoms with Crippen molar-refractivity contribution in [1.82, 2.24) is 9.80 Å². The minimum atomic E-state index is -0.270. The second-order valence-corrected chi connectivity index (χ2v) is 7.36. The van der Waals surface area contributed by atoms with Crippen LogP contribution in [0, 0.1) is 0 Å². The number of carbonyl (C=O) groups is 3. The monoisotopic (exact) mass is 389 g/mol. The predicted molar refractivity (Wildman–Crippen MR) is 110 cm³/mol. The highest BCUT2D eigenvalue weighted by Gasteiger charge is 2.41. The standard InChI is InChI=1S/C23H23N3O3/c1-16(27)24-19-11-9-18(10-12-19)20-21(25-13-5-6-14-25)23(29)26(22(20)28)15-17-7-3-2-4-8-17/h2-4,7-12H,5-6,13-15H2,1H3,(H,24,27). The van der Waals surface area contributed by atoms with Crippen molar-refractivity contribution < 1.29 is 14.4 Å². The third-order valence-electron chi connectivity index (χ3n) is 5.24. The normalized spacial score (nSPS) is 16.7. The molecule has 6 nitrogen and oxygen atoms in total. The molecule has 0 unspecified atom stereocenters. The summed E-state index contributed by atoms with van der Waals surface area (Å²) in [4.78, 5) is 41.2. The van der Waals surface area contributed by atoms with Crippen LogP contribution < -0.4 is 5.32 Å². The highest BCUT2D eigenvalue weighted by atomic mass is 16.2. The molecule has 1 N–H and O–H groups in total. The number of benzene rings is 2. The van der Waals surface area contributed by atoms with Gasteiger partial charge in [-0.05, 0) is 36.1 Å². The summed E-state index contributed by atoms with van der Waals surface area (Å²) >= 11 is 0. The molecule has 0 saturated carbocycles. The van der Waals surface area contributed by atoms with Gasteiger partial charge >= 0.3 is 0 Å². The third kappa shape index (κ3) is 3.78. The number of imide groups is 1. The van der Waals surface area contributed by atoms with Gasteiger partial charge in [0.15, 0.2) is 0 Å². The average molecular weight is 389 g/mol. The molecule has 6 heteroatoms. The van der Waals surface area contributed by atoms with E-state index in [1.165, 1.54) is 11.8 Å². The largest absolute Gasteiger partial charge is 0.366 e. The van der Waals surface area contributed by atoms with Crippen LogP contribution in [-0.2, 0) is 20.9 Å². The fraction of sp³-hybridized carbons (Fsp3) is 0.261. The van der Waals surface area contributed by atoms with Gasteiger partial charge in [0.1, 0.15) is 5.70 Å². The van der Waals surface area contributed by atoms with Crippen LogP contribution in [0.4, 0.5) is 5.69 Å². The van der Waals surface area contributed by atoms with Crippen LogP contribution in [-0.4, -0.2) is 40.6 Å². The number of rotatable bonds is 5. The smallest absolute Gasteiger partial charge is 0.278 e. The van der Waals surface area contributed by atoms with Crippen LogP contribution in [0.5, 0.6) is 0 Å². The Bertz CT molecular complexity index is 974. The molecule has 0 bridgehead atoms. The summed E-state index contributed by atoms with van der Waals surface area (Å²) < 4.78 is 0.